The van der Waals surface area contributed by atoms with E-state index >= 15 is 0 Å². The second-order valence-electron chi connectivity index (χ2n) is 17.0. The maximum atomic E-state index is 2.60. The van der Waals surface area contributed by atoms with Gasteiger partial charge in [-0.25, -0.2) is 0 Å². The Hall–Kier alpha value is -1.56. The molecular weight excluding hydrogens is 625 g/mol. The minimum atomic E-state index is 1.25. The molecule has 2 aromatic carbocycles. The zero-order valence-electron chi connectivity index (χ0n) is 35.9. The molecule has 0 unspecified atom stereocenters. The van der Waals surface area contributed by atoms with Gasteiger partial charge in [-0.15, -0.1) is 0 Å². The minimum absolute atomic E-state index is 1.25. The average Bonchev–Trinajstić information content (AvgIpc) is 3.16. The highest BCUT2D eigenvalue weighted by molar-refractivity contribution is 5.67. The van der Waals surface area contributed by atoms with E-state index in [4.69, 9.17) is 0 Å². The van der Waals surface area contributed by atoms with Gasteiger partial charge in [0.1, 0.15) is 0 Å². The van der Waals surface area contributed by atoms with Crippen molar-refractivity contribution in [3.8, 4) is 11.1 Å². The predicted octanol–water partition coefficient (Wildman–Crippen LogP) is 18.1. The second-order valence-corrected chi connectivity index (χ2v) is 17.0. The fraction of sp³-hybridized carbons (Fsp3) is 0.769. The van der Waals surface area contributed by atoms with E-state index < -0.39 is 0 Å². The van der Waals surface area contributed by atoms with E-state index in [-0.39, 0.29) is 0 Å². The van der Waals surface area contributed by atoms with E-state index in [9.17, 15) is 0 Å². The quantitative estimate of drug-likeness (QED) is 0.0611. The van der Waals surface area contributed by atoms with Crippen molar-refractivity contribution in [1.29, 1.82) is 0 Å². The van der Waals surface area contributed by atoms with Crippen LogP contribution in [0.4, 0.5) is 0 Å². The molecule has 0 nitrogen and oxygen atoms in total. The van der Waals surface area contributed by atoms with Crippen LogP contribution in [0.25, 0.3) is 11.1 Å². The molecule has 0 saturated carbocycles. The largest absolute Gasteiger partial charge is 0.0654 e. The molecular formula is C52H90. The summed E-state index contributed by atoms with van der Waals surface area (Å²) in [5.41, 5.74) is 9.38. The minimum Gasteiger partial charge on any atom is -0.0654 e. The molecule has 0 bridgehead atoms. The fourth-order valence-corrected chi connectivity index (χ4v) is 8.29. The SMILES string of the molecule is CCCCCCCCCCc1cc(CCCCCCCCCC)cc(-c2cc(CCCCCCCCCC)cc(CCCCCCCCCC)c2)c1. The van der Waals surface area contributed by atoms with E-state index in [0.717, 1.165) is 0 Å². The Labute approximate surface area is 327 Å². The van der Waals surface area contributed by atoms with E-state index in [1.807, 2.05) is 0 Å². The molecule has 0 fully saturated rings. The van der Waals surface area contributed by atoms with Crippen molar-refractivity contribution in [3.05, 3.63) is 58.7 Å². The summed E-state index contributed by atoms with van der Waals surface area (Å²) in [5, 5.41) is 0. The van der Waals surface area contributed by atoms with E-state index in [1.54, 1.807) is 22.3 Å². The van der Waals surface area contributed by atoms with Gasteiger partial charge in [0.05, 0.1) is 0 Å². The Morgan fingerprint density at radius 2 is 0.385 bits per heavy atom. The normalized spacial score (nSPS) is 11.5. The first-order chi connectivity index (χ1) is 25.7. The van der Waals surface area contributed by atoms with Crippen LogP contribution in [0.15, 0.2) is 36.4 Å². The molecule has 0 heterocycles. The first-order valence-corrected chi connectivity index (χ1v) is 24.0. The summed E-state index contributed by atoms with van der Waals surface area (Å²) in [7, 11) is 0. The van der Waals surface area contributed by atoms with Gasteiger partial charge in [-0.1, -0.05) is 244 Å². The molecule has 0 radical (unpaired) electrons. The Morgan fingerprint density at radius 1 is 0.212 bits per heavy atom. The molecule has 52 heavy (non-hydrogen) atoms. The van der Waals surface area contributed by atoms with E-state index in [0.29, 0.717) is 0 Å². The molecule has 0 atom stereocenters. The topological polar surface area (TPSA) is 0 Å². The lowest BCUT2D eigenvalue weighted by molar-refractivity contribution is 0.574. The van der Waals surface area contributed by atoms with Gasteiger partial charge < -0.3 is 0 Å². The summed E-state index contributed by atoms with van der Waals surface area (Å²) < 4.78 is 0. The maximum absolute atomic E-state index is 2.60. The number of unbranched alkanes of at least 4 members (excludes halogenated alkanes) is 28. The van der Waals surface area contributed by atoms with Gasteiger partial charge in [-0.3, -0.25) is 0 Å². The first-order valence-electron chi connectivity index (χ1n) is 24.0. The summed E-state index contributed by atoms with van der Waals surface area (Å²) in [6.45, 7) is 9.29. The van der Waals surface area contributed by atoms with Crippen molar-refractivity contribution in [1.82, 2.24) is 0 Å². The predicted molar refractivity (Wildman–Crippen MR) is 237 cm³/mol. The summed E-state index contributed by atoms with van der Waals surface area (Å²) in [6.07, 6.45) is 49.8. The lowest BCUT2D eigenvalue weighted by atomic mass is 9.91. The van der Waals surface area contributed by atoms with Crippen LogP contribution in [-0.2, 0) is 25.7 Å². The summed E-state index contributed by atoms with van der Waals surface area (Å²) >= 11 is 0. The van der Waals surface area contributed by atoms with Crippen LogP contribution in [-0.4, -0.2) is 0 Å². The molecule has 2 rings (SSSR count). The molecule has 2 aromatic rings. The van der Waals surface area contributed by atoms with Crippen molar-refractivity contribution in [2.45, 2.75) is 259 Å². The highest BCUT2D eigenvalue weighted by Crippen LogP contribution is 2.29. The number of hydrogen-bond acceptors (Lipinski definition) is 0. The summed E-state index contributed by atoms with van der Waals surface area (Å²) in [5.74, 6) is 0. The van der Waals surface area contributed by atoms with Crippen molar-refractivity contribution >= 4 is 0 Å². The van der Waals surface area contributed by atoms with Crippen molar-refractivity contribution in [3.63, 3.8) is 0 Å². The van der Waals surface area contributed by atoms with Crippen LogP contribution in [0, 0.1) is 0 Å². The standard InChI is InChI=1S/C52H90/c1-5-9-13-17-21-25-29-33-37-47-41-48(38-34-30-26-22-18-14-10-6-2)44-51(43-47)52-45-49(39-35-31-27-23-19-15-11-7-3)42-50(46-52)40-36-32-28-24-20-16-12-8-4/h41-46H,5-40H2,1-4H3. The highest BCUT2D eigenvalue weighted by atomic mass is 14.1. The Morgan fingerprint density at radius 3 is 0.577 bits per heavy atom. The molecule has 0 aliphatic rings. The number of benzene rings is 2. The second kappa shape index (κ2) is 34.0. The number of aryl methyl sites for hydroxylation is 4. The van der Waals surface area contributed by atoms with Crippen LogP contribution < -0.4 is 0 Å². The Bertz CT molecular complexity index is 900. The zero-order chi connectivity index (χ0) is 37.2. The molecule has 0 aliphatic heterocycles. The van der Waals surface area contributed by atoms with Gasteiger partial charge in [-0.05, 0) is 84.7 Å². The van der Waals surface area contributed by atoms with Gasteiger partial charge in [0, 0.05) is 0 Å². The highest BCUT2D eigenvalue weighted by Gasteiger charge is 2.09. The molecule has 298 valence electrons. The third-order valence-corrected chi connectivity index (χ3v) is 11.7. The zero-order valence-corrected chi connectivity index (χ0v) is 35.9. The Balaban J connectivity index is 2.13. The van der Waals surface area contributed by atoms with Crippen molar-refractivity contribution in [2.24, 2.45) is 0 Å². The van der Waals surface area contributed by atoms with Crippen LogP contribution in [0.2, 0.25) is 0 Å². The lowest BCUT2D eigenvalue weighted by Gasteiger charge is -2.14. The molecule has 0 amide bonds. The average molecular weight is 715 g/mol. The molecule has 0 aliphatic carbocycles. The molecule has 0 aromatic heterocycles. The third kappa shape index (κ3) is 24.7. The van der Waals surface area contributed by atoms with Gasteiger partial charge >= 0.3 is 0 Å². The van der Waals surface area contributed by atoms with E-state index in [2.05, 4.69) is 64.1 Å². The van der Waals surface area contributed by atoms with Crippen molar-refractivity contribution < 1.29 is 0 Å². The van der Waals surface area contributed by atoms with Crippen LogP contribution in [0.1, 0.15) is 255 Å². The van der Waals surface area contributed by atoms with Crippen LogP contribution in [0.3, 0.4) is 0 Å². The lowest BCUT2D eigenvalue weighted by Crippen LogP contribution is -1.96. The van der Waals surface area contributed by atoms with E-state index in [1.165, 1.54) is 242 Å². The van der Waals surface area contributed by atoms with Gasteiger partial charge in [0.15, 0.2) is 0 Å². The summed E-state index contributed by atoms with van der Waals surface area (Å²) in [6, 6.07) is 15.6. The molecule has 0 N–H and O–H groups in total. The smallest absolute Gasteiger partial charge is 0.0178 e. The van der Waals surface area contributed by atoms with Crippen LogP contribution in [0.5, 0.6) is 0 Å². The van der Waals surface area contributed by atoms with Crippen LogP contribution >= 0.6 is 0 Å². The fourth-order valence-electron chi connectivity index (χ4n) is 8.29. The summed E-state index contributed by atoms with van der Waals surface area (Å²) in [4.78, 5) is 0. The molecule has 0 saturated heterocycles. The Kier molecular flexibility index (Phi) is 30.4. The molecule has 0 spiro atoms. The van der Waals surface area contributed by atoms with Gasteiger partial charge in [-0.2, -0.15) is 0 Å². The monoisotopic (exact) mass is 715 g/mol. The third-order valence-electron chi connectivity index (χ3n) is 11.7. The van der Waals surface area contributed by atoms with Gasteiger partial charge in [0.25, 0.3) is 0 Å². The first kappa shape index (κ1) is 46.6. The van der Waals surface area contributed by atoms with Gasteiger partial charge in [0.2, 0.25) is 0 Å². The van der Waals surface area contributed by atoms with Crippen molar-refractivity contribution in [2.75, 3.05) is 0 Å². The number of hydrogen-bond donors (Lipinski definition) is 0. The molecule has 0 heteroatoms. The number of rotatable bonds is 37. The maximum Gasteiger partial charge on any atom is -0.0178 e.